The van der Waals surface area contributed by atoms with Crippen LogP contribution in [0, 0.1) is 0 Å². The fraction of sp³-hybridized carbons (Fsp3) is 0.571. The Balaban J connectivity index is 2.34. The Bertz CT molecular complexity index is 396. The van der Waals surface area contributed by atoms with Crippen molar-refractivity contribution >= 4 is 5.69 Å². The molecule has 0 aliphatic carbocycles. The lowest BCUT2D eigenvalue weighted by molar-refractivity contribution is 0.233. The second kappa shape index (κ2) is 5.59. The fourth-order valence-corrected chi connectivity index (χ4v) is 2.89. The predicted molar refractivity (Wildman–Crippen MR) is 75.3 cm³/mol. The van der Waals surface area contributed by atoms with Gasteiger partial charge in [0.25, 0.3) is 0 Å². The molecule has 100 valence electrons. The highest BCUT2D eigenvalue weighted by atomic mass is 16.5. The van der Waals surface area contributed by atoms with Crippen LogP contribution in [0.1, 0.15) is 6.92 Å². The standard InChI is InChI=1S/C14H23N3O/c1-11-9-16(2)10-12(8-15)17(11)13-6-4-5-7-14(13)18-3/h4-7,11-12H,8-10,15H2,1-3H3. The molecule has 0 radical (unpaired) electrons. The number of nitrogens with two attached hydrogens (primary N) is 1. The molecule has 2 rings (SSSR count). The number of hydrogen-bond acceptors (Lipinski definition) is 4. The Hall–Kier alpha value is -1.26. The number of methoxy groups -OCH3 is 1. The second-order valence-corrected chi connectivity index (χ2v) is 5.04. The summed E-state index contributed by atoms with van der Waals surface area (Å²) in [5.41, 5.74) is 7.09. The molecule has 0 bridgehead atoms. The maximum Gasteiger partial charge on any atom is 0.142 e. The van der Waals surface area contributed by atoms with Crippen LogP contribution in [0.15, 0.2) is 24.3 Å². The second-order valence-electron chi connectivity index (χ2n) is 5.04. The van der Waals surface area contributed by atoms with Gasteiger partial charge in [-0.15, -0.1) is 0 Å². The maximum absolute atomic E-state index is 5.94. The van der Waals surface area contributed by atoms with Gasteiger partial charge in [-0.2, -0.15) is 0 Å². The number of piperazine rings is 1. The van der Waals surface area contributed by atoms with Gasteiger partial charge in [-0.05, 0) is 26.1 Å². The van der Waals surface area contributed by atoms with Gasteiger partial charge in [0, 0.05) is 25.7 Å². The summed E-state index contributed by atoms with van der Waals surface area (Å²) in [5, 5.41) is 0. The molecule has 0 spiro atoms. The molecular formula is C14H23N3O. The van der Waals surface area contributed by atoms with Gasteiger partial charge in [-0.1, -0.05) is 12.1 Å². The third kappa shape index (κ3) is 2.44. The number of ether oxygens (including phenoxy) is 1. The molecule has 1 aliphatic rings. The lowest BCUT2D eigenvalue weighted by Gasteiger charge is -2.46. The van der Waals surface area contributed by atoms with Crippen molar-refractivity contribution in [3.63, 3.8) is 0 Å². The van der Waals surface area contributed by atoms with Gasteiger partial charge in [-0.25, -0.2) is 0 Å². The average Bonchev–Trinajstić information content (AvgIpc) is 2.38. The molecule has 4 heteroatoms. The molecule has 4 nitrogen and oxygen atoms in total. The van der Waals surface area contributed by atoms with E-state index < -0.39 is 0 Å². The summed E-state index contributed by atoms with van der Waals surface area (Å²) in [6, 6.07) is 8.96. The minimum atomic E-state index is 0.343. The lowest BCUT2D eigenvalue weighted by Crippen LogP contribution is -2.59. The molecule has 1 saturated heterocycles. The van der Waals surface area contributed by atoms with E-state index in [0.29, 0.717) is 18.6 Å². The van der Waals surface area contributed by atoms with Crippen LogP contribution in [0.25, 0.3) is 0 Å². The van der Waals surface area contributed by atoms with Crippen LogP contribution in [0.3, 0.4) is 0 Å². The number of para-hydroxylation sites is 2. The third-order valence-electron chi connectivity index (χ3n) is 3.60. The lowest BCUT2D eigenvalue weighted by atomic mass is 10.1. The monoisotopic (exact) mass is 249 g/mol. The molecule has 0 amide bonds. The van der Waals surface area contributed by atoms with E-state index in [4.69, 9.17) is 10.5 Å². The summed E-state index contributed by atoms with van der Waals surface area (Å²) in [7, 11) is 3.87. The first-order valence-electron chi connectivity index (χ1n) is 6.47. The first-order chi connectivity index (χ1) is 8.67. The van der Waals surface area contributed by atoms with Gasteiger partial charge in [0.05, 0.1) is 18.8 Å². The first kappa shape index (κ1) is 13.2. The zero-order chi connectivity index (χ0) is 13.1. The van der Waals surface area contributed by atoms with Crippen LogP contribution in [0.4, 0.5) is 5.69 Å². The van der Waals surface area contributed by atoms with Gasteiger partial charge in [0.1, 0.15) is 5.75 Å². The van der Waals surface area contributed by atoms with E-state index in [2.05, 4.69) is 35.9 Å². The molecule has 1 aromatic rings. The smallest absolute Gasteiger partial charge is 0.142 e. The predicted octanol–water partition coefficient (Wildman–Crippen LogP) is 1.16. The molecule has 1 fully saturated rings. The van der Waals surface area contributed by atoms with E-state index in [9.17, 15) is 0 Å². The van der Waals surface area contributed by atoms with Gasteiger partial charge in [0.2, 0.25) is 0 Å². The van der Waals surface area contributed by atoms with Crippen LogP contribution < -0.4 is 15.4 Å². The molecule has 1 aliphatic heterocycles. The van der Waals surface area contributed by atoms with E-state index >= 15 is 0 Å². The van der Waals surface area contributed by atoms with Crippen LogP contribution in [-0.4, -0.2) is 50.8 Å². The minimum Gasteiger partial charge on any atom is -0.495 e. The summed E-state index contributed by atoms with van der Waals surface area (Å²) in [4.78, 5) is 4.74. The van der Waals surface area contributed by atoms with Gasteiger partial charge in [-0.3, -0.25) is 0 Å². The molecule has 2 N–H and O–H groups in total. The largest absolute Gasteiger partial charge is 0.495 e. The first-order valence-corrected chi connectivity index (χ1v) is 6.47. The molecule has 2 unspecified atom stereocenters. The molecular weight excluding hydrogens is 226 g/mol. The van der Waals surface area contributed by atoms with E-state index in [1.165, 1.54) is 0 Å². The van der Waals surface area contributed by atoms with Crippen LogP contribution >= 0.6 is 0 Å². The number of likely N-dealkylation sites (N-methyl/N-ethyl adjacent to an activating group) is 1. The molecule has 0 aromatic heterocycles. The van der Waals surface area contributed by atoms with Crippen molar-refractivity contribution in [2.45, 2.75) is 19.0 Å². The minimum absolute atomic E-state index is 0.343. The van der Waals surface area contributed by atoms with Crippen molar-refractivity contribution in [2.75, 3.05) is 38.7 Å². The van der Waals surface area contributed by atoms with Crippen molar-refractivity contribution in [2.24, 2.45) is 5.73 Å². The summed E-state index contributed by atoms with van der Waals surface area (Å²) in [5.74, 6) is 0.923. The average molecular weight is 249 g/mol. The van der Waals surface area contributed by atoms with Crippen molar-refractivity contribution in [3.05, 3.63) is 24.3 Å². The number of benzene rings is 1. The normalized spacial score (nSPS) is 25.2. The van der Waals surface area contributed by atoms with Gasteiger partial charge in [0.15, 0.2) is 0 Å². The molecule has 0 saturated carbocycles. The Morgan fingerprint density at radius 3 is 2.72 bits per heavy atom. The Labute approximate surface area is 109 Å². The maximum atomic E-state index is 5.94. The highest BCUT2D eigenvalue weighted by Crippen LogP contribution is 2.32. The van der Waals surface area contributed by atoms with Gasteiger partial charge >= 0.3 is 0 Å². The highest BCUT2D eigenvalue weighted by molar-refractivity contribution is 5.60. The Morgan fingerprint density at radius 1 is 1.33 bits per heavy atom. The van der Waals surface area contributed by atoms with Crippen LogP contribution in [0.5, 0.6) is 5.75 Å². The third-order valence-corrected chi connectivity index (χ3v) is 3.60. The van der Waals surface area contributed by atoms with Crippen LogP contribution in [0.2, 0.25) is 0 Å². The van der Waals surface area contributed by atoms with Crippen LogP contribution in [-0.2, 0) is 0 Å². The Morgan fingerprint density at radius 2 is 2.06 bits per heavy atom. The molecule has 18 heavy (non-hydrogen) atoms. The topological polar surface area (TPSA) is 41.7 Å². The summed E-state index contributed by atoms with van der Waals surface area (Å²) >= 11 is 0. The number of nitrogens with zero attached hydrogens (tertiary/aromatic N) is 2. The molecule has 1 aromatic carbocycles. The summed E-state index contributed by atoms with van der Waals surface area (Å²) < 4.78 is 5.47. The van der Waals surface area contributed by atoms with E-state index in [1.807, 2.05) is 12.1 Å². The van der Waals surface area contributed by atoms with E-state index in [1.54, 1.807) is 7.11 Å². The highest BCUT2D eigenvalue weighted by Gasteiger charge is 2.31. The van der Waals surface area contributed by atoms with Crippen molar-refractivity contribution in [1.29, 1.82) is 0 Å². The van der Waals surface area contributed by atoms with Crippen molar-refractivity contribution in [3.8, 4) is 5.75 Å². The quantitative estimate of drug-likeness (QED) is 0.873. The number of hydrogen-bond donors (Lipinski definition) is 1. The van der Waals surface area contributed by atoms with Crippen molar-refractivity contribution in [1.82, 2.24) is 4.90 Å². The summed E-state index contributed by atoms with van der Waals surface area (Å²) in [6.07, 6.45) is 0. The van der Waals surface area contributed by atoms with E-state index in [-0.39, 0.29) is 0 Å². The fourth-order valence-electron chi connectivity index (χ4n) is 2.89. The van der Waals surface area contributed by atoms with Gasteiger partial charge < -0.3 is 20.3 Å². The summed E-state index contributed by atoms with van der Waals surface area (Å²) in [6.45, 7) is 4.95. The molecule has 2 atom stereocenters. The number of rotatable bonds is 3. The number of anilines is 1. The van der Waals surface area contributed by atoms with E-state index in [0.717, 1.165) is 24.5 Å². The zero-order valence-corrected chi connectivity index (χ0v) is 11.5. The Kier molecular flexibility index (Phi) is 4.09. The van der Waals surface area contributed by atoms with Crippen molar-refractivity contribution < 1.29 is 4.74 Å². The SMILES string of the molecule is COc1ccccc1N1C(C)CN(C)CC1CN. The zero-order valence-electron chi connectivity index (χ0n) is 11.5. The molecule has 1 heterocycles.